The van der Waals surface area contributed by atoms with Crippen LogP contribution in [0.4, 0.5) is 0 Å². The monoisotopic (exact) mass is 267 g/mol. The van der Waals surface area contributed by atoms with E-state index in [1.807, 2.05) is 32.0 Å². The van der Waals surface area contributed by atoms with Gasteiger partial charge in [-0.05, 0) is 31.5 Å². The molecule has 0 saturated carbocycles. The standard InChI is InChI=1S/C13H11Cl2NO/c1-8-3-4-10(14)12(5-8)17-11-6-13(15)16-7-9(11)2/h3-7H,1-2H3. The van der Waals surface area contributed by atoms with Crippen LogP contribution in [0.5, 0.6) is 11.5 Å². The second-order valence-electron chi connectivity index (χ2n) is 3.81. The molecule has 0 aliphatic heterocycles. The molecule has 0 spiro atoms. The number of halogens is 2. The molecule has 0 radical (unpaired) electrons. The summed E-state index contributed by atoms with van der Waals surface area (Å²) in [6.07, 6.45) is 1.67. The summed E-state index contributed by atoms with van der Waals surface area (Å²) in [6, 6.07) is 7.30. The fraction of sp³-hybridized carbons (Fsp3) is 0.154. The number of aryl methyl sites for hydroxylation is 2. The average molecular weight is 268 g/mol. The maximum atomic E-state index is 6.06. The third kappa shape index (κ3) is 2.90. The van der Waals surface area contributed by atoms with Crippen molar-refractivity contribution >= 4 is 23.2 Å². The molecule has 0 atom stereocenters. The molecule has 2 aromatic rings. The maximum absolute atomic E-state index is 6.06. The van der Waals surface area contributed by atoms with Crippen molar-refractivity contribution in [2.24, 2.45) is 0 Å². The normalized spacial score (nSPS) is 10.4. The summed E-state index contributed by atoms with van der Waals surface area (Å²) < 4.78 is 5.75. The molecule has 1 aromatic heterocycles. The highest BCUT2D eigenvalue weighted by Gasteiger charge is 2.07. The van der Waals surface area contributed by atoms with Crippen molar-refractivity contribution in [3.8, 4) is 11.5 Å². The van der Waals surface area contributed by atoms with Gasteiger partial charge in [0.25, 0.3) is 0 Å². The Morgan fingerprint density at radius 3 is 2.59 bits per heavy atom. The van der Waals surface area contributed by atoms with Crippen LogP contribution >= 0.6 is 23.2 Å². The fourth-order valence-electron chi connectivity index (χ4n) is 1.40. The lowest BCUT2D eigenvalue weighted by atomic mass is 10.2. The van der Waals surface area contributed by atoms with Crippen LogP contribution in [0, 0.1) is 13.8 Å². The van der Waals surface area contributed by atoms with Crippen LogP contribution in [0.15, 0.2) is 30.5 Å². The molecule has 0 amide bonds. The first kappa shape index (κ1) is 12.2. The number of benzene rings is 1. The summed E-state index contributed by atoms with van der Waals surface area (Å²) in [7, 11) is 0. The number of pyridine rings is 1. The zero-order valence-corrected chi connectivity index (χ0v) is 11.0. The van der Waals surface area contributed by atoms with Gasteiger partial charge in [-0.25, -0.2) is 4.98 Å². The van der Waals surface area contributed by atoms with Crippen molar-refractivity contribution < 1.29 is 4.74 Å². The van der Waals surface area contributed by atoms with E-state index in [0.29, 0.717) is 21.7 Å². The molecule has 88 valence electrons. The summed E-state index contributed by atoms with van der Waals surface area (Å²) in [5.41, 5.74) is 1.99. The first-order valence-corrected chi connectivity index (χ1v) is 5.88. The predicted octanol–water partition coefficient (Wildman–Crippen LogP) is 4.80. The van der Waals surface area contributed by atoms with Crippen molar-refractivity contribution in [3.63, 3.8) is 0 Å². The molecule has 4 heteroatoms. The quantitative estimate of drug-likeness (QED) is 0.730. The second kappa shape index (κ2) is 4.94. The minimum absolute atomic E-state index is 0.398. The minimum atomic E-state index is 0.398. The Bertz CT molecular complexity index is 506. The van der Waals surface area contributed by atoms with Crippen molar-refractivity contribution in [1.29, 1.82) is 0 Å². The van der Waals surface area contributed by atoms with Gasteiger partial charge in [0.1, 0.15) is 16.7 Å². The molecule has 0 saturated heterocycles. The van der Waals surface area contributed by atoms with E-state index in [-0.39, 0.29) is 0 Å². The molecular weight excluding hydrogens is 257 g/mol. The topological polar surface area (TPSA) is 22.1 Å². The first-order chi connectivity index (χ1) is 8.06. The molecular formula is C13H11Cl2NO. The Balaban J connectivity index is 2.37. The molecule has 0 aliphatic carbocycles. The molecule has 0 aliphatic rings. The Kier molecular flexibility index (Phi) is 3.55. The number of nitrogens with zero attached hydrogens (tertiary/aromatic N) is 1. The van der Waals surface area contributed by atoms with Crippen LogP contribution in [0.1, 0.15) is 11.1 Å². The van der Waals surface area contributed by atoms with Crippen molar-refractivity contribution in [1.82, 2.24) is 4.98 Å². The van der Waals surface area contributed by atoms with E-state index < -0.39 is 0 Å². The SMILES string of the molecule is Cc1ccc(Cl)c(Oc2cc(Cl)ncc2C)c1. The van der Waals surface area contributed by atoms with E-state index >= 15 is 0 Å². The highest BCUT2D eigenvalue weighted by molar-refractivity contribution is 6.32. The van der Waals surface area contributed by atoms with Gasteiger partial charge in [0, 0.05) is 17.8 Å². The number of hydrogen-bond donors (Lipinski definition) is 0. The molecule has 17 heavy (non-hydrogen) atoms. The van der Waals surface area contributed by atoms with Crippen LogP contribution in [0.2, 0.25) is 10.2 Å². The van der Waals surface area contributed by atoms with Gasteiger partial charge in [0.15, 0.2) is 0 Å². The molecule has 2 nitrogen and oxygen atoms in total. The maximum Gasteiger partial charge on any atom is 0.146 e. The molecule has 0 N–H and O–H groups in total. The van der Waals surface area contributed by atoms with Crippen molar-refractivity contribution in [2.45, 2.75) is 13.8 Å². The molecule has 0 fully saturated rings. The lowest BCUT2D eigenvalue weighted by Crippen LogP contribution is -1.90. The zero-order valence-electron chi connectivity index (χ0n) is 9.50. The third-order valence-electron chi connectivity index (χ3n) is 2.33. The summed E-state index contributed by atoms with van der Waals surface area (Å²) >= 11 is 11.9. The van der Waals surface area contributed by atoms with Crippen LogP contribution in [0.3, 0.4) is 0 Å². The van der Waals surface area contributed by atoms with Crippen LogP contribution < -0.4 is 4.74 Å². The lowest BCUT2D eigenvalue weighted by molar-refractivity contribution is 0.478. The summed E-state index contributed by atoms with van der Waals surface area (Å²) in [5, 5.41) is 0.970. The molecule has 0 unspecified atom stereocenters. The Morgan fingerprint density at radius 2 is 1.82 bits per heavy atom. The van der Waals surface area contributed by atoms with E-state index in [2.05, 4.69) is 4.98 Å². The third-order valence-corrected chi connectivity index (χ3v) is 2.85. The van der Waals surface area contributed by atoms with Gasteiger partial charge in [0.05, 0.1) is 5.02 Å². The van der Waals surface area contributed by atoms with E-state index in [0.717, 1.165) is 11.1 Å². The molecule has 2 rings (SSSR count). The van der Waals surface area contributed by atoms with Crippen LogP contribution in [0.25, 0.3) is 0 Å². The predicted molar refractivity (Wildman–Crippen MR) is 70.2 cm³/mol. The minimum Gasteiger partial charge on any atom is -0.455 e. The molecule has 1 aromatic carbocycles. The summed E-state index contributed by atoms with van der Waals surface area (Å²) in [4.78, 5) is 3.97. The van der Waals surface area contributed by atoms with Gasteiger partial charge in [-0.3, -0.25) is 0 Å². The Labute approximate surface area is 110 Å². The van der Waals surface area contributed by atoms with Crippen LogP contribution in [-0.4, -0.2) is 4.98 Å². The second-order valence-corrected chi connectivity index (χ2v) is 4.60. The largest absolute Gasteiger partial charge is 0.455 e. The molecule has 0 bridgehead atoms. The van der Waals surface area contributed by atoms with E-state index in [4.69, 9.17) is 27.9 Å². The number of ether oxygens (including phenoxy) is 1. The van der Waals surface area contributed by atoms with Gasteiger partial charge < -0.3 is 4.74 Å². The summed E-state index contributed by atoms with van der Waals surface area (Å²) in [5.74, 6) is 1.29. The number of hydrogen-bond acceptors (Lipinski definition) is 2. The van der Waals surface area contributed by atoms with Gasteiger partial charge in [-0.15, -0.1) is 0 Å². The number of rotatable bonds is 2. The Hall–Kier alpha value is -1.25. The highest BCUT2D eigenvalue weighted by atomic mass is 35.5. The van der Waals surface area contributed by atoms with Gasteiger partial charge in [-0.2, -0.15) is 0 Å². The van der Waals surface area contributed by atoms with Gasteiger partial charge in [-0.1, -0.05) is 29.3 Å². The van der Waals surface area contributed by atoms with Crippen LogP contribution in [-0.2, 0) is 0 Å². The van der Waals surface area contributed by atoms with Gasteiger partial charge >= 0.3 is 0 Å². The van der Waals surface area contributed by atoms with E-state index in [1.54, 1.807) is 12.3 Å². The smallest absolute Gasteiger partial charge is 0.146 e. The summed E-state index contributed by atoms with van der Waals surface area (Å²) in [6.45, 7) is 3.89. The lowest BCUT2D eigenvalue weighted by Gasteiger charge is -2.10. The zero-order chi connectivity index (χ0) is 12.4. The van der Waals surface area contributed by atoms with E-state index in [9.17, 15) is 0 Å². The van der Waals surface area contributed by atoms with E-state index in [1.165, 1.54) is 0 Å². The van der Waals surface area contributed by atoms with Gasteiger partial charge in [0.2, 0.25) is 0 Å². The highest BCUT2D eigenvalue weighted by Crippen LogP contribution is 2.32. The number of aromatic nitrogens is 1. The van der Waals surface area contributed by atoms with Crippen molar-refractivity contribution in [2.75, 3.05) is 0 Å². The Morgan fingerprint density at radius 1 is 1.06 bits per heavy atom. The first-order valence-electron chi connectivity index (χ1n) is 5.12. The average Bonchev–Trinajstić information content (AvgIpc) is 2.28. The molecule has 1 heterocycles. The fourth-order valence-corrected chi connectivity index (χ4v) is 1.70. The van der Waals surface area contributed by atoms with Crippen molar-refractivity contribution in [3.05, 3.63) is 51.8 Å².